The molecule has 0 spiro atoms. The first-order chi connectivity index (χ1) is 8.72. The highest BCUT2D eigenvalue weighted by Gasteiger charge is 2.33. The summed E-state index contributed by atoms with van der Waals surface area (Å²) in [5, 5.41) is 12.3. The minimum atomic E-state index is 0.161. The van der Waals surface area contributed by atoms with Gasteiger partial charge in [-0.3, -0.25) is 9.69 Å². The summed E-state index contributed by atoms with van der Waals surface area (Å²) < 4.78 is 0. The summed E-state index contributed by atoms with van der Waals surface area (Å²) in [5.74, 6) is 0.479. The molecule has 1 amide bonds. The van der Waals surface area contributed by atoms with E-state index in [1.54, 1.807) is 0 Å². The molecule has 2 saturated heterocycles. The van der Waals surface area contributed by atoms with Crippen molar-refractivity contribution in [1.29, 1.82) is 0 Å². The second-order valence-corrected chi connectivity index (χ2v) is 5.38. The van der Waals surface area contributed by atoms with E-state index in [1.807, 2.05) is 4.90 Å². The van der Waals surface area contributed by atoms with Crippen LogP contribution < -0.4 is 5.32 Å². The molecule has 0 radical (unpaired) electrons. The third kappa shape index (κ3) is 3.22. The summed E-state index contributed by atoms with van der Waals surface area (Å²) in [5.41, 5.74) is 0. The Balaban J connectivity index is 1.87. The Morgan fingerprint density at radius 2 is 2.17 bits per heavy atom. The van der Waals surface area contributed by atoms with Crippen molar-refractivity contribution in [3.8, 4) is 0 Å². The molecule has 2 fully saturated rings. The van der Waals surface area contributed by atoms with E-state index in [0.717, 1.165) is 52.1 Å². The maximum absolute atomic E-state index is 12.4. The van der Waals surface area contributed by atoms with Crippen LogP contribution in [0.15, 0.2) is 0 Å². The minimum absolute atomic E-state index is 0.161. The second-order valence-electron chi connectivity index (χ2n) is 5.38. The summed E-state index contributed by atoms with van der Waals surface area (Å²) in [6.07, 6.45) is 1.98. The average molecular weight is 255 g/mol. The van der Waals surface area contributed by atoms with Crippen LogP contribution in [-0.2, 0) is 4.79 Å². The SMILES string of the molecule is CC1NCCC1C(=O)N1CCCN(CCO)CC1. The van der Waals surface area contributed by atoms with Crippen LogP contribution in [0.2, 0.25) is 0 Å². The molecule has 104 valence electrons. The molecule has 2 atom stereocenters. The van der Waals surface area contributed by atoms with Crippen LogP contribution in [0.3, 0.4) is 0 Å². The fraction of sp³-hybridized carbons (Fsp3) is 0.923. The molecule has 5 nitrogen and oxygen atoms in total. The first-order valence-electron chi connectivity index (χ1n) is 7.07. The maximum atomic E-state index is 12.4. The number of amides is 1. The third-order valence-electron chi connectivity index (χ3n) is 4.16. The number of rotatable bonds is 3. The van der Waals surface area contributed by atoms with Gasteiger partial charge in [0.15, 0.2) is 0 Å². The Hall–Kier alpha value is -0.650. The van der Waals surface area contributed by atoms with Gasteiger partial charge in [0.1, 0.15) is 0 Å². The largest absolute Gasteiger partial charge is 0.395 e. The van der Waals surface area contributed by atoms with Crippen molar-refractivity contribution in [2.75, 3.05) is 45.9 Å². The predicted molar refractivity (Wildman–Crippen MR) is 70.3 cm³/mol. The van der Waals surface area contributed by atoms with E-state index in [1.165, 1.54) is 0 Å². The summed E-state index contributed by atoms with van der Waals surface area (Å²) in [6, 6.07) is 0.314. The van der Waals surface area contributed by atoms with Gasteiger partial charge in [0.25, 0.3) is 0 Å². The number of aliphatic hydroxyl groups excluding tert-OH is 1. The number of hydrogen-bond donors (Lipinski definition) is 2. The van der Waals surface area contributed by atoms with Gasteiger partial charge >= 0.3 is 0 Å². The van der Waals surface area contributed by atoms with Gasteiger partial charge in [-0.2, -0.15) is 0 Å². The predicted octanol–water partition coefficient (Wildman–Crippen LogP) is -0.489. The molecule has 2 aliphatic rings. The zero-order valence-electron chi connectivity index (χ0n) is 11.3. The number of nitrogens with zero attached hydrogens (tertiary/aromatic N) is 2. The van der Waals surface area contributed by atoms with Crippen LogP contribution in [0.4, 0.5) is 0 Å². The molecule has 2 unspecified atom stereocenters. The summed E-state index contributed by atoms with van der Waals surface area (Å²) >= 11 is 0. The summed E-state index contributed by atoms with van der Waals surface area (Å²) in [4.78, 5) is 16.7. The number of carbonyl (C=O) groups is 1. The molecule has 2 rings (SSSR count). The van der Waals surface area contributed by atoms with Gasteiger partial charge < -0.3 is 15.3 Å². The van der Waals surface area contributed by atoms with Gasteiger partial charge in [-0.15, -0.1) is 0 Å². The second kappa shape index (κ2) is 6.50. The molecular formula is C13H25N3O2. The van der Waals surface area contributed by atoms with Crippen molar-refractivity contribution in [3.05, 3.63) is 0 Å². The Labute approximate surface area is 109 Å². The van der Waals surface area contributed by atoms with E-state index in [4.69, 9.17) is 5.11 Å². The van der Waals surface area contributed by atoms with Gasteiger partial charge in [0.05, 0.1) is 12.5 Å². The van der Waals surface area contributed by atoms with E-state index in [9.17, 15) is 4.79 Å². The Morgan fingerprint density at radius 3 is 2.83 bits per heavy atom. The fourth-order valence-electron chi connectivity index (χ4n) is 2.99. The highest BCUT2D eigenvalue weighted by Crippen LogP contribution is 2.19. The topological polar surface area (TPSA) is 55.8 Å². The standard InChI is InChI=1S/C13H25N3O2/c1-11-12(3-4-14-11)13(18)16-6-2-5-15(7-8-16)9-10-17/h11-12,14,17H,2-10H2,1H3. The van der Waals surface area contributed by atoms with Crippen LogP contribution in [0.1, 0.15) is 19.8 Å². The first kappa shape index (κ1) is 13.8. The van der Waals surface area contributed by atoms with Crippen molar-refractivity contribution >= 4 is 5.91 Å². The van der Waals surface area contributed by atoms with Crippen molar-refractivity contribution in [3.63, 3.8) is 0 Å². The Kier molecular flexibility index (Phi) is 4.97. The van der Waals surface area contributed by atoms with Crippen molar-refractivity contribution < 1.29 is 9.90 Å². The van der Waals surface area contributed by atoms with E-state index in [0.29, 0.717) is 11.9 Å². The molecule has 2 N–H and O–H groups in total. The van der Waals surface area contributed by atoms with Crippen LogP contribution >= 0.6 is 0 Å². The van der Waals surface area contributed by atoms with E-state index >= 15 is 0 Å². The van der Waals surface area contributed by atoms with E-state index in [-0.39, 0.29) is 12.5 Å². The Bertz CT molecular complexity index is 285. The van der Waals surface area contributed by atoms with Crippen LogP contribution in [0.25, 0.3) is 0 Å². The van der Waals surface area contributed by atoms with E-state index in [2.05, 4.69) is 17.1 Å². The molecule has 0 aromatic heterocycles. The number of nitrogens with one attached hydrogen (secondary N) is 1. The fourth-order valence-corrected chi connectivity index (χ4v) is 2.99. The van der Waals surface area contributed by atoms with Gasteiger partial charge in [-0.1, -0.05) is 0 Å². The van der Waals surface area contributed by atoms with Crippen LogP contribution in [0, 0.1) is 5.92 Å². The highest BCUT2D eigenvalue weighted by atomic mass is 16.3. The first-order valence-corrected chi connectivity index (χ1v) is 7.07. The molecule has 0 aromatic rings. The van der Waals surface area contributed by atoms with Crippen molar-refractivity contribution in [2.45, 2.75) is 25.8 Å². The number of carbonyl (C=O) groups excluding carboxylic acids is 1. The molecule has 0 bridgehead atoms. The molecular weight excluding hydrogens is 230 g/mol. The number of aliphatic hydroxyl groups is 1. The molecule has 0 aromatic carbocycles. The van der Waals surface area contributed by atoms with Gasteiger partial charge in [-0.25, -0.2) is 0 Å². The number of hydrogen-bond acceptors (Lipinski definition) is 4. The molecule has 0 saturated carbocycles. The molecule has 2 aliphatic heterocycles. The smallest absolute Gasteiger partial charge is 0.227 e. The lowest BCUT2D eigenvalue weighted by Gasteiger charge is -2.26. The van der Waals surface area contributed by atoms with Crippen LogP contribution in [0.5, 0.6) is 0 Å². The lowest BCUT2D eigenvalue weighted by atomic mass is 10.0. The third-order valence-corrected chi connectivity index (χ3v) is 4.16. The Morgan fingerprint density at radius 1 is 1.33 bits per heavy atom. The molecule has 0 aliphatic carbocycles. The van der Waals surface area contributed by atoms with Gasteiger partial charge in [0.2, 0.25) is 5.91 Å². The molecule has 5 heteroatoms. The summed E-state index contributed by atoms with van der Waals surface area (Å²) in [7, 11) is 0. The highest BCUT2D eigenvalue weighted by molar-refractivity contribution is 5.80. The average Bonchev–Trinajstić information content (AvgIpc) is 2.64. The molecule has 2 heterocycles. The van der Waals surface area contributed by atoms with Crippen molar-refractivity contribution in [2.24, 2.45) is 5.92 Å². The van der Waals surface area contributed by atoms with E-state index < -0.39 is 0 Å². The van der Waals surface area contributed by atoms with Gasteiger partial charge in [-0.05, 0) is 32.9 Å². The quantitative estimate of drug-likeness (QED) is 0.714. The lowest BCUT2D eigenvalue weighted by molar-refractivity contribution is -0.135. The van der Waals surface area contributed by atoms with Crippen LogP contribution in [-0.4, -0.2) is 72.7 Å². The minimum Gasteiger partial charge on any atom is -0.395 e. The zero-order valence-corrected chi connectivity index (χ0v) is 11.3. The number of β-amino-alcohol motifs (C(OH)–C–C–N with tert-alkyl or cyclic N) is 1. The van der Waals surface area contributed by atoms with Gasteiger partial charge in [0, 0.05) is 32.2 Å². The summed E-state index contributed by atoms with van der Waals surface area (Å²) in [6.45, 7) is 7.55. The monoisotopic (exact) mass is 255 g/mol. The molecule has 18 heavy (non-hydrogen) atoms. The zero-order chi connectivity index (χ0) is 13.0. The van der Waals surface area contributed by atoms with Crippen molar-refractivity contribution in [1.82, 2.24) is 15.1 Å². The maximum Gasteiger partial charge on any atom is 0.227 e. The normalized spacial score (nSPS) is 30.4. The lowest BCUT2D eigenvalue weighted by Crippen LogP contribution is -2.42.